The van der Waals surface area contributed by atoms with E-state index in [1.807, 2.05) is 6.07 Å². The first kappa shape index (κ1) is 13.7. The van der Waals surface area contributed by atoms with E-state index in [1.165, 1.54) is 19.3 Å². The summed E-state index contributed by atoms with van der Waals surface area (Å²) in [5.41, 5.74) is 0. The summed E-state index contributed by atoms with van der Waals surface area (Å²) >= 11 is 0. The van der Waals surface area contributed by atoms with E-state index in [-0.39, 0.29) is 0 Å². The van der Waals surface area contributed by atoms with Crippen LogP contribution in [0, 0.1) is 0 Å². The van der Waals surface area contributed by atoms with Crippen molar-refractivity contribution < 1.29 is 0 Å². The molecule has 0 saturated heterocycles. The summed E-state index contributed by atoms with van der Waals surface area (Å²) in [5.74, 6) is 1.80. The van der Waals surface area contributed by atoms with Gasteiger partial charge in [0.15, 0.2) is 0 Å². The molecule has 1 unspecified atom stereocenters. The monoisotopic (exact) mass is 236 g/mol. The van der Waals surface area contributed by atoms with Gasteiger partial charge in [-0.15, -0.1) is 0 Å². The molecule has 0 aliphatic rings. The summed E-state index contributed by atoms with van der Waals surface area (Å²) in [6.45, 7) is 7.49. The average molecular weight is 236 g/mol. The summed E-state index contributed by atoms with van der Waals surface area (Å²) in [6.07, 6.45) is 6.38. The van der Waals surface area contributed by atoms with Gasteiger partial charge in [0.2, 0.25) is 0 Å². The van der Waals surface area contributed by atoms with Crippen molar-refractivity contribution in [2.24, 2.45) is 0 Å². The van der Waals surface area contributed by atoms with Crippen LogP contribution in [0.25, 0.3) is 0 Å². The molecular weight excluding hydrogens is 212 g/mol. The van der Waals surface area contributed by atoms with Crippen molar-refractivity contribution in [1.82, 2.24) is 9.97 Å². The molecule has 0 amide bonds. The molecule has 1 atom stereocenters. The van der Waals surface area contributed by atoms with Gasteiger partial charge in [-0.1, -0.05) is 26.7 Å². The Hall–Kier alpha value is -1.32. The zero-order valence-corrected chi connectivity index (χ0v) is 11.2. The van der Waals surface area contributed by atoms with Gasteiger partial charge >= 0.3 is 0 Å². The zero-order valence-electron chi connectivity index (χ0n) is 11.2. The largest absolute Gasteiger partial charge is 0.370 e. The standard InChI is InChI=1S/C13H24N4/c1-4-6-7-8-14-12-9-13(16-10-15-12)17-11(3)5-2/h9-11H,4-8H2,1-3H3,(H2,14,15,16,17). The molecule has 4 nitrogen and oxygen atoms in total. The van der Waals surface area contributed by atoms with Crippen LogP contribution in [0.3, 0.4) is 0 Å². The molecule has 0 aromatic carbocycles. The van der Waals surface area contributed by atoms with E-state index in [1.54, 1.807) is 6.33 Å². The smallest absolute Gasteiger partial charge is 0.131 e. The molecule has 0 saturated carbocycles. The topological polar surface area (TPSA) is 49.8 Å². The molecule has 1 rings (SSSR count). The van der Waals surface area contributed by atoms with Gasteiger partial charge in [0, 0.05) is 18.7 Å². The highest BCUT2D eigenvalue weighted by atomic mass is 15.1. The van der Waals surface area contributed by atoms with Crippen LogP contribution in [0.4, 0.5) is 11.6 Å². The first-order valence-electron chi connectivity index (χ1n) is 6.58. The van der Waals surface area contributed by atoms with Gasteiger partial charge < -0.3 is 10.6 Å². The molecule has 0 aliphatic heterocycles. The van der Waals surface area contributed by atoms with Crippen LogP contribution in [0.1, 0.15) is 46.5 Å². The Bertz CT molecular complexity index is 314. The van der Waals surface area contributed by atoms with Gasteiger partial charge in [-0.25, -0.2) is 9.97 Å². The predicted octanol–water partition coefficient (Wildman–Crippen LogP) is 3.29. The summed E-state index contributed by atoms with van der Waals surface area (Å²) < 4.78 is 0. The summed E-state index contributed by atoms with van der Waals surface area (Å²) in [6, 6.07) is 2.41. The van der Waals surface area contributed by atoms with Crippen LogP contribution in [0.5, 0.6) is 0 Å². The van der Waals surface area contributed by atoms with E-state index in [0.29, 0.717) is 6.04 Å². The molecule has 1 aromatic rings. The van der Waals surface area contributed by atoms with Crippen LogP contribution >= 0.6 is 0 Å². The third kappa shape index (κ3) is 5.52. The SMILES string of the molecule is CCCCCNc1cc(NC(C)CC)ncn1. The Morgan fingerprint density at radius 3 is 2.65 bits per heavy atom. The van der Waals surface area contributed by atoms with Gasteiger partial charge in [-0.2, -0.15) is 0 Å². The lowest BCUT2D eigenvalue weighted by molar-refractivity contribution is 0.741. The fourth-order valence-corrected chi connectivity index (χ4v) is 1.48. The number of unbranched alkanes of at least 4 members (excludes halogenated alkanes) is 2. The second-order valence-corrected chi connectivity index (χ2v) is 4.38. The lowest BCUT2D eigenvalue weighted by Crippen LogP contribution is -2.15. The Morgan fingerprint density at radius 2 is 1.94 bits per heavy atom. The summed E-state index contributed by atoms with van der Waals surface area (Å²) in [4.78, 5) is 8.42. The fourth-order valence-electron chi connectivity index (χ4n) is 1.48. The normalized spacial score (nSPS) is 12.2. The summed E-state index contributed by atoms with van der Waals surface area (Å²) in [5, 5.41) is 6.66. The van der Waals surface area contributed by atoms with Crippen LogP contribution < -0.4 is 10.6 Å². The van der Waals surface area contributed by atoms with E-state index in [0.717, 1.165) is 24.6 Å². The first-order valence-corrected chi connectivity index (χ1v) is 6.58. The third-order valence-electron chi connectivity index (χ3n) is 2.76. The highest BCUT2D eigenvalue weighted by Crippen LogP contribution is 2.10. The lowest BCUT2D eigenvalue weighted by Gasteiger charge is -2.12. The lowest BCUT2D eigenvalue weighted by atomic mass is 10.2. The van der Waals surface area contributed by atoms with Crippen LogP contribution in [-0.2, 0) is 0 Å². The second-order valence-electron chi connectivity index (χ2n) is 4.38. The number of hydrogen-bond acceptors (Lipinski definition) is 4. The van der Waals surface area contributed by atoms with Gasteiger partial charge in [0.25, 0.3) is 0 Å². The minimum absolute atomic E-state index is 0.442. The highest BCUT2D eigenvalue weighted by Gasteiger charge is 2.01. The molecular formula is C13H24N4. The van der Waals surface area contributed by atoms with E-state index in [2.05, 4.69) is 41.4 Å². The fraction of sp³-hybridized carbons (Fsp3) is 0.692. The molecule has 0 aliphatic carbocycles. The maximum Gasteiger partial charge on any atom is 0.131 e. The number of aromatic nitrogens is 2. The summed E-state index contributed by atoms with van der Waals surface area (Å²) in [7, 11) is 0. The molecule has 96 valence electrons. The Labute approximate surface area is 104 Å². The molecule has 0 spiro atoms. The Morgan fingerprint density at radius 1 is 1.18 bits per heavy atom. The first-order chi connectivity index (χ1) is 8.26. The number of nitrogens with one attached hydrogen (secondary N) is 2. The van der Waals surface area contributed by atoms with Crippen molar-refractivity contribution in [3.8, 4) is 0 Å². The van der Waals surface area contributed by atoms with Crippen molar-refractivity contribution in [2.75, 3.05) is 17.2 Å². The average Bonchev–Trinajstić information content (AvgIpc) is 2.35. The zero-order chi connectivity index (χ0) is 12.5. The van der Waals surface area contributed by atoms with Crippen molar-refractivity contribution in [3.63, 3.8) is 0 Å². The maximum atomic E-state index is 4.21. The van der Waals surface area contributed by atoms with E-state index in [4.69, 9.17) is 0 Å². The number of hydrogen-bond donors (Lipinski definition) is 2. The minimum atomic E-state index is 0.442. The van der Waals surface area contributed by atoms with Gasteiger partial charge in [0.05, 0.1) is 0 Å². The molecule has 1 aromatic heterocycles. The quantitative estimate of drug-likeness (QED) is 0.680. The molecule has 1 heterocycles. The molecule has 4 heteroatoms. The molecule has 2 N–H and O–H groups in total. The highest BCUT2D eigenvalue weighted by molar-refractivity contribution is 5.46. The van der Waals surface area contributed by atoms with Gasteiger partial charge in [0.1, 0.15) is 18.0 Å². The molecule has 17 heavy (non-hydrogen) atoms. The van der Waals surface area contributed by atoms with E-state index < -0.39 is 0 Å². The Kier molecular flexibility index (Phi) is 6.37. The van der Waals surface area contributed by atoms with Crippen molar-refractivity contribution in [3.05, 3.63) is 12.4 Å². The van der Waals surface area contributed by atoms with E-state index in [9.17, 15) is 0 Å². The number of anilines is 2. The molecule has 0 bridgehead atoms. The van der Waals surface area contributed by atoms with Crippen molar-refractivity contribution in [1.29, 1.82) is 0 Å². The van der Waals surface area contributed by atoms with Crippen LogP contribution in [-0.4, -0.2) is 22.6 Å². The van der Waals surface area contributed by atoms with E-state index >= 15 is 0 Å². The Balaban J connectivity index is 2.42. The van der Waals surface area contributed by atoms with Crippen molar-refractivity contribution in [2.45, 2.75) is 52.5 Å². The predicted molar refractivity (Wildman–Crippen MR) is 73.4 cm³/mol. The molecule has 0 fully saturated rings. The second kappa shape index (κ2) is 7.87. The number of nitrogens with zero attached hydrogens (tertiary/aromatic N) is 2. The van der Waals surface area contributed by atoms with Gasteiger partial charge in [-0.3, -0.25) is 0 Å². The van der Waals surface area contributed by atoms with Gasteiger partial charge in [-0.05, 0) is 19.8 Å². The van der Waals surface area contributed by atoms with Crippen LogP contribution in [0.2, 0.25) is 0 Å². The molecule has 0 radical (unpaired) electrons. The third-order valence-corrected chi connectivity index (χ3v) is 2.76. The maximum absolute atomic E-state index is 4.21. The van der Waals surface area contributed by atoms with Crippen LogP contribution in [0.15, 0.2) is 12.4 Å². The number of rotatable bonds is 8. The minimum Gasteiger partial charge on any atom is -0.370 e. The van der Waals surface area contributed by atoms with Crippen molar-refractivity contribution >= 4 is 11.6 Å².